The number of hydrogen-bond acceptors (Lipinski definition) is 3. The fourth-order valence-corrected chi connectivity index (χ4v) is 2.84. The lowest BCUT2D eigenvalue weighted by molar-refractivity contribution is -0.116. The molecule has 1 aromatic heterocycles. The van der Waals surface area contributed by atoms with Crippen molar-refractivity contribution in [2.75, 3.05) is 7.11 Å². The molecule has 0 saturated heterocycles. The van der Waals surface area contributed by atoms with E-state index in [4.69, 9.17) is 9.15 Å². The number of carbonyl (C=O) groups excluding carboxylic acids is 1. The van der Waals surface area contributed by atoms with Gasteiger partial charge in [0.2, 0.25) is 0 Å². The van der Waals surface area contributed by atoms with E-state index in [0.29, 0.717) is 6.42 Å². The Morgan fingerprint density at radius 3 is 2.95 bits per heavy atom. The van der Waals surface area contributed by atoms with Crippen LogP contribution in [0.25, 0.3) is 6.08 Å². The van der Waals surface area contributed by atoms with Crippen molar-refractivity contribution in [3.8, 4) is 5.75 Å². The molecule has 3 nitrogen and oxygen atoms in total. The average Bonchev–Trinajstić information content (AvgIpc) is 3.04. The SMILES string of the molecule is COc1cccc(/C=C2\C(=O)CCCC2c2ccco2)c1. The van der Waals surface area contributed by atoms with Crippen molar-refractivity contribution in [2.24, 2.45) is 0 Å². The molecule has 0 radical (unpaired) electrons. The van der Waals surface area contributed by atoms with Crippen molar-refractivity contribution >= 4 is 11.9 Å². The molecule has 3 rings (SSSR count). The molecule has 1 aliphatic carbocycles. The van der Waals surface area contributed by atoms with Crippen molar-refractivity contribution in [3.63, 3.8) is 0 Å². The molecular weight excluding hydrogens is 264 g/mol. The number of ether oxygens (including phenoxy) is 1. The summed E-state index contributed by atoms with van der Waals surface area (Å²) in [7, 11) is 1.64. The Kier molecular flexibility index (Phi) is 3.91. The summed E-state index contributed by atoms with van der Waals surface area (Å²) >= 11 is 0. The Bertz CT molecular complexity index is 653. The summed E-state index contributed by atoms with van der Waals surface area (Å²) in [6.07, 6.45) is 6.12. The molecule has 3 heteroatoms. The highest BCUT2D eigenvalue weighted by Gasteiger charge is 2.28. The maximum absolute atomic E-state index is 12.3. The summed E-state index contributed by atoms with van der Waals surface area (Å²) in [5.74, 6) is 1.94. The van der Waals surface area contributed by atoms with Crippen LogP contribution in [-0.2, 0) is 4.79 Å². The third kappa shape index (κ3) is 2.92. The van der Waals surface area contributed by atoms with Crippen molar-refractivity contribution in [2.45, 2.75) is 25.2 Å². The largest absolute Gasteiger partial charge is 0.497 e. The second kappa shape index (κ2) is 6.00. The highest BCUT2D eigenvalue weighted by molar-refractivity contribution is 6.01. The number of furan rings is 1. The molecule has 1 heterocycles. The standard InChI is InChI=1S/C18H18O3/c1-20-14-6-2-5-13(11-14)12-16-15(7-3-8-17(16)19)18-9-4-10-21-18/h2,4-6,9-12,15H,3,7-8H2,1H3/b16-12-. The number of allylic oxidation sites excluding steroid dienone is 1. The first kappa shape index (κ1) is 13.7. The summed E-state index contributed by atoms with van der Waals surface area (Å²) in [6.45, 7) is 0. The van der Waals surface area contributed by atoms with Crippen molar-refractivity contribution in [3.05, 3.63) is 59.6 Å². The van der Waals surface area contributed by atoms with Gasteiger partial charge in [0, 0.05) is 17.9 Å². The number of hydrogen-bond donors (Lipinski definition) is 0. The van der Waals surface area contributed by atoms with Crippen molar-refractivity contribution < 1.29 is 13.9 Å². The third-order valence-corrected chi connectivity index (χ3v) is 3.90. The molecule has 0 spiro atoms. The van der Waals surface area contributed by atoms with Gasteiger partial charge in [-0.15, -0.1) is 0 Å². The summed E-state index contributed by atoms with van der Waals surface area (Å²) in [4.78, 5) is 12.3. The molecule has 1 aromatic carbocycles. The second-order valence-electron chi connectivity index (χ2n) is 5.26. The smallest absolute Gasteiger partial charge is 0.159 e. The Balaban J connectivity index is 1.98. The highest BCUT2D eigenvalue weighted by atomic mass is 16.5. The molecule has 1 aliphatic rings. The highest BCUT2D eigenvalue weighted by Crippen LogP contribution is 2.36. The number of ketones is 1. The maximum atomic E-state index is 12.3. The molecule has 0 N–H and O–H groups in total. The first-order valence-electron chi connectivity index (χ1n) is 7.20. The van der Waals surface area contributed by atoms with E-state index in [-0.39, 0.29) is 11.7 Å². The number of methoxy groups -OCH3 is 1. The van der Waals surface area contributed by atoms with Crippen LogP contribution in [0.5, 0.6) is 5.75 Å². The van der Waals surface area contributed by atoms with Gasteiger partial charge >= 0.3 is 0 Å². The second-order valence-corrected chi connectivity index (χ2v) is 5.26. The van der Waals surface area contributed by atoms with Gasteiger partial charge in [-0.1, -0.05) is 12.1 Å². The van der Waals surface area contributed by atoms with Crippen LogP contribution in [0.2, 0.25) is 0 Å². The van der Waals surface area contributed by atoms with Gasteiger partial charge in [0.05, 0.1) is 13.4 Å². The van der Waals surface area contributed by atoms with E-state index < -0.39 is 0 Å². The van der Waals surface area contributed by atoms with Gasteiger partial charge in [-0.3, -0.25) is 4.79 Å². The Morgan fingerprint density at radius 1 is 1.29 bits per heavy atom. The molecule has 0 amide bonds. The quantitative estimate of drug-likeness (QED) is 0.792. The lowest BCUT2D eigenvalue weighted by Gasteiger charge is -2.22. The van der Waals surface area contributed by atoms with E-state index in [1.54, 1.807) is 13.4 Å². The average molecular weight is 282 g/mol. The molecular formula is C18H18O3. The molecule has 0 aliphatic heterocycles. The topological polar surface area (TPSA) is 39.4 Å². The minimum Gasteiger partial charge on any atom is -0.497 e. The van der Waals surface area contributed by atoms with Crippen LogP contribution in [0.15, 0.2) is 52.7 Å². The first-order chi connectivity index (χ1) is 10.3. The molecule has 1 atom stereocenters. The molecule has 1 fully saturated rings. The van der Waals surface area contributed by atoms with Crippen LogP contribution in [0.1, 0.15) is 36.5 Å². The fraction of sp³-hybridized carbons (Fsp3) is 0.278. The predicted octanol–water partition coefficient (Wildman–Crippen LogP) is 4.21. The maximum Gasteiger partial charge on any atom is 0.159 e. The Labute approximate surface area is 124 Å². The Morgan fingerprint density at radius 2 is 2.19 bits per heavy atom. The van der Waals surface area contributed by atoms with Gasteiger partial charge in [0.1, 0.15) is 11.5 Å². The van der Waals surface area contributed by atoms with E-state index in [0.717, 1.165) is 35.5 Å². The van der Waals surface area contributed by atoms with E-state index in [9.17, 15) is 4.79 Å². The monoisotopic (exact) mass is 282 g/mol. The zero-order valence-electron chi connectivity index (χ0n) is 12.0. The fourth-order valence-electron chi connectivity index (χ4n) is 2.84. The first-order valence-corrected chi connectivity index (χ1v) is 7.20. The van der Waals surface area contributed by atoms with E-state index in [1.807, 2.05) is 42.5 Å². The normalized spacial score (nSPS) is 20.7. The lowest BCUT2D eigenvalue weighted by Crippen LogP contribution is -2.17. The van der Waals surface area contributed by atoms with Gasteiger partial charge in [-0.05, 0) is 48.7 Å². The molecule has 1 saturated carbocycles. The van der Waals surface area contributed by atoms with Crippen LogP contribution in [-0.4, -0.2) is 12.9 Å². The summed E-state index contributed by atoms with van der Waals surface area (Å²) in [5, 5.41) is 0. The molecule has 21 heavy (non-hydrogen) atoms. The van der Waals surface area contributed by atoms with Crippen molar-refractivity contribution in [1.29, 1.82) is 0 Å². The summed E-state index contributed by atoms with van der Waals surface area (Å²) in [5.41, 5.74) is 1.82. The minimum absolute atomic E-state index is 0.0625. The molecule has 108 valence electrons. The Hall–Kier alpha value is -2.29. The predicted molar refractivity (Wildman–Crippen MR) is 81.3 cm³/mol. The third-order valence-electron chi connectivity index (χ3n) is 3.90. The zero-order chi connectivity index (χ0) is 14.7. The summed E-state index contributed by atoms with van der Waals surface area (Å²) in [6, 6.07) is 11.6. The van der Waals surface area contributed by atoms with Crippen molar-refractivity contribution in [1.82, 2.24) is 0 Å². The van der Waals surface area contributed by atoms with E-state index in [2.05, 4.69) is 0 Å². The van der Waals surface area contributed by atoms with Crippen LogP contribution in [0.4, 0.5) is 0 Å². The van der Waals surface area contributed by atoms with Crippen LogP contribution in [0, 0.1) is 0 Å². The lowest BCUT2D eigenvalue weighted by atomic mass is 9.81. The van der Waals surface area contributed by atoms with E-state index in [1.165, 1.54) is 0 Å². The van der Waals surface area contributed by atoms with Gasteiger partial charge in [-0.25, -0.2) is 0 Å². The molecule has 0 bridgehead atoms. The molecule has 1 unspecified atom stereocenters. The number of carbonyl (C=O) groups is 1. The minimum atomic E-state index is 0.0625. The molecule has 2 aromatic rings. The number of benzene rings is 1. The number of rotatable bonds is 3. The zero-order valence-corrected chi connectivity index (χ0v) is 12.0. The van der Waals surface area contributed by atoms with E-state index >= 15 is 0 Å². The van der Waals surface area contributed by atoms with Gasteiger partial charge in [-0.2, -0.15) is 0 Å². The number of Topliss-reactive ketones (excluding diaryl/α,β-unsaturated/α-hetero) is 1. The van der Waals surface area contributed by atoms with Crippen LogP contribution in [0.3, 0.4) is 0 Å². The van der Waals surface area contributed by atoms with Crippen LogP contribution >= 0.6 is 0 Å². The summed E-state index contributed by atoms with van der Waals surface area (Å²) < 4.78 is 10.8. The van der Waals surface area contributed by atoms with Gasteiger partial charge in [0.25, 0.3) is 0 Å². The van der Waals surface area contributed by atoms with Gasteiger partial charge in [0.15, 0.2) is 5.78 Å². The van der Waals surface area contributed by atoms with Gasteiger partial charge < -0.3 is 9.15 Å². The van der Waals surface area contributed by atoms with Crippen LogP contribution < -0.4 is 4.74 Å².